The van der Waals surface area contributed by atoms with Crippen molar-refractivity contribution < 1.29 is 12.8 Å². The first-order valence-electron chi connectivity index (χ1n) is 6.49. The van der Waals surface area contributed by atoms with Gasteiger partial charge >= 0.3 is 0 Å². The Hall–Kier alpha value is -0.850. The maximum Gasteiger partial charge on any atom is 0.243 e. The van der Waals surface area contributed by atoms with Gasteiger partial charge in [-0.3, -0.25) is 0 Å². The summed E-state index contributed by atoms with van der Waals surface area (Å²) in [6, 6.07) is 1.96. The van der Waals surface area contributed by atoms with E-state index in [1.165, 1.54) is 6.07 Å². The van der Waals surface area contributed by atoms with Crippen LogP contribution in [0, 0.1) is 11.7 Å². The van der Waals surface area contributed by atoms with E-state index in [-0.39, 0.29) is 22.7 Å². The molecule has 1 rings (SSSR count). The minimum absolute atomic E-state index is 0.104. The summed E-state index contributed by atoms with van der Waals surface area (Å²) in [5.74, 6) is -0.797. The molecule has 0 aliphatic carbocycles. The molecule has 20 heavy (non-hydrogen) atoms. The maximum absolute atomic E-state index is 13.9. The number of anilines is 1. The van der Waals surface area contributed by atoms with Crippen LogP contribution in [0.25, 0.3) is 0 Å². The fourth-order valence-corrected chi connectivity index (χ4v) is 3.91. The first kappa shape index (κ1) is 17.2. The molecule has 0 aliphatic heterocycles. The number of hydrogen-bond donors (Lipinski definition) is 2. The highest BCUT2D eigenvalue weighted by Crippen LogP contribution is 2.26. The molecule has 0 saturated carbocycles. The molecule has 0 saturated heterocycles. The van der Waals surface area contributed by atoms with Gasteiger partial charge in [0.15, 0.2) is 5.82 Å². The second-order valence-corrected chi connectivity index (χ2v) is 6.89. The summed E-state index contributed by atoms with van der Waals surface area (Å²) in [6.07, 6.45) is 1.67. The predicted molar refractivity (Wildman–Crippen MR) is 79.7 cm³/mol. The van der Waals surface area contributed by atoms with E-state index in [1.54, 1.807) is 6.92 Å². The predicted octanol–water partition coefficient (Wildman–Crippen LogP) is 3.16. The van der Waals surface area contributed by atoms with Crippen molar-refractivity contribution in [2.75, 3.05) is 5.73 Å². The van der Waals surface area contributed by atoms with Crippen LogP contribution in [0.4, 0.5) is 10.1 Å². The van der Waals surface area contributed by atoms with E-state index in [9.17, 15) is 12.8 Å². The van der Waals surface area contributed by atoms with E-state index >= 15 is 0 Å². The molecule has 0 heterocycles. The van der Waals surface area contributed by atoms with Crippen LogP contribution >= 0.6 is 11.6 Å². The van der Waals surface area contributed by atoms with Crippen LogP contribution in [0.3, 0.4) is 0 Å². The average Bonchev–Trinajstić information content (AvgIpc) is 2.34. The van der Waals surface area contributed by atoms with Crippen molar-refractivity contribution in [3.05, 3.63) is 23.0 Å². The number of benzene rings is 1. The van der Waals surface area contributed by atoms with Gasteiger partial charge in [0.05, 0.1) is 5.02 Å². The lowest BCUT2D eigenvalue weighted by atomic mass is 9.96. The van der Waals surface area contributed by atoms with E-state index < -0.39 is 20.7 Å². The number of nitrogens with one attached hydrogen (secondary N) is 1. The lowest BCUT2D eigenvalue weighted by molar-refractivity contribution is 0.390. The van der Waals surface area contributed by atoms with Gasteiger partial charge in [0.1, 0.15) is 4.90 Å². The van der Waals surface area contributed by atoms with Crippen LogP contribution in [0.2, 0.25) is 5.02 Å². The van der Waals surface area contributed by atoms with Gasteiger partial charge in [-0.2, -0.15) is 0 Å². The van der Waals surface area contributed by atoms with Crippen molar-refractivity contribution in [3.8, 4) is 0 Å². The van der Waals surface area contributed by atoms with Crippen LogP contribution in [0.1, 0.15) is 33.6 Å². The van der Waals surface area contributed by atoms with Crippen molar-refractivity contribution in [3.63, 3.8) is 0 Å². The first-order valence-corrected chi connectivity index (χ1v) is 8.35. The van der Waals surface area contributed by atoms with E-state index in [1.807, 2.05) is 13.8 Å². The number of nitrogen functional groups attached to an aromatic ring is 1. The average molecular weight is 323 g/mol. The van der Waals surface area contributed by atoms with Gasteiger partial charge in [-0.1, -0.05) is 38.3 Å². The molecule has 0 aromatic heterocycles. The molecule has 0 amide bonds. The zero-order valence-electron chi connectivity index (χ0n) is 11.8. The largest absolute Gasteiger partial charge is 0.399 e. The lowest BCUT2D eigenvalue weighted by Crippen LogP contribution is -2.38. The second kappa shape index (κ2) is 6.74. The molecule has 1 aromatic rings. The third-order valence-corrected chi connectivity index (χ3v) is 5.24. The Bertz CT molecular complexity index is 574. The van der Waals surface area contributed by atoms with E-state index in [0.717, 1.165) is 18.9 Å². The van der Waals surface area contributed by atoms with Crippen molar-refractivity contribution in [1.29, 1.82) is 0 Å². The summed E-state index contributed by atoms with van der Waals surface area (Å²) in [4.78, 5) is -0.514. The highest BCUT2D eigenvalue weighted by Gasteiger charge is 2.26. The highest BCUT2D eigenvalue weighted by molar-refractivity contribution is 7.89. The molecule has 0 spiro atoms. The maximum atomic E-state index is 13.9. The van der Waals surface area contributed by atoms with Crippen LogP contribution < -0.4 is 10.5 Å². The third kappa shape index (κ3) is 3.84. The monoisotopic (exact) mass is 322 g/mol. The standard InChI is InChI=1S/C13H20ClFN2O2S/c1-4-9(5-2)8(3)17-20(18,19)12-7-10(16)6-11(14)13(12)15/h6-9,17H,4-5,16H2,1-3H3. The molecular formula is C13H20ClFN2O2S. The van der Waals surface area contributed by atoms with Gasteiger partial charge in [0.2, 0.25) is 10.0 Å². The van der Waals surface area contributed by atoms with Gasteiger partial charge < -0.3 is 5.73 Å². The fourth-order valence-electron chi connectivity index (χ4n) is 2.18. The molecule has 0 radical (unpaired) electrons. The Morgan fingerprint density at radius 1 is 1.35 bits per heavy atom. The highest BCUT2D eigenvalue weighted by atomic mass is 35.5. The molecule has 4 nitrogen and oxygen atoms in total. The van der Waals surface area contributed by atoms with Crippen molar-refractivity contribution in [1.82, 2.24) is 4.72 Å². The van der Waals surface area contributed by atoms with Crippen molar-refractivity contribution in [2.45, 2.75) is 44.6 Å². The molecule has 0 bridgehead atoms. The van der Waals surface area contributed by atoms with Gasteiger partial charge in [0, 0.05) is 11.7 Å². The van der Waals surface area contributed by atoms with Gasteiger partial charge in [-0.25, -0.2) is 17.5 Å². The van der Waals surface area contributed by atoms with E-state index in [2.05, 4.69) is 4.72 Å². The fraction of sp³-hybridized carbons (Fsp3) is 0.538. The van der Waals surface area contributed by atoms with Gasteiger partial charge in [-0.05, 0) is 25.0 Å². The zero-order valence-corrected chi connectivity index (χ0v) is 13.4. The van der Waals surface area contributed by atoms with Gasteiger partial charge in [0.25, 0.3) is 0 Å². The Morgan fingerprint density at radius 3 is 2.40 bits per heavy atom. The number of rotatable bonds is 6. The Kier molecular flexibility index (Phi) is 5.79. The quantitative estimate of drug-likeness (QED) is 0.790. The lowest BCUT2D eigenvalue weighted by Gasteiger charge is -2.22. The number of sulfonamides is 1. The summed E-state index contributed by atoms with van der Waals surface area (Å²) in [7, 11) is -3.99. The van der Waals surface area contributed by atoms with Crippen molar-refractivity contribution >= 4 is 27.3 Å². The Balaban J connectivity index is 3.12. The van der Waals surface area contributed by atoms with E-state index in [0.29, 0.717) is 0 Å². The van der Waals surface area contributed by atoms with Crippen LogP contribution in [0.5, 0.6) is 0 Å². The molecule has 3 N–H and O–H groups in total. The van der Waals surface area contributed by atoms with Crippen molar-refractivity contribution in [2.24, 2.45) is 5.92 Å². The third-order valence-electron chi connectivity index (χ3n) is 3.40. The topological polar surface area (TPSA) is 72.2 Å². The summed E-state index contributed by atoms with van der Waals surface area (Å²) < 4.78 is 40.9. The molecule has 1 atom stereocenters. The number of hydrogen-bond acceptors (Lipinski definition) is 3. The zero-order chi connectivity index (χ0) is 15.5. The van der Waals surface area contributed by atoms with E-state index in [4.69, 9.17) is 17.3 Å². The van der Waals surface area contributed by atoms with Crippen LogP contribution in [-0.2, 0) is 10.0 Å². The second-order valence-electron chi connectivity index (χ2n) is 4.80. The molecular weight excluding hydrogens is 303 g/mol. The van der Waals surface area contributed by atoms with Crippen LogP contribution in [0.15, 0.2) is 17.0 Å². The molecule has 114 valence electrons. The molecule has 7 heteroatoms. The SMILES string of the molecule is CCC(CC)C(C)NS(=O)(=O)c1cc(N)cc(Cl)c1F. The minimum Gasteiger partial charge on any atom is -0.399 e. The normalized spacial score (nSPS) is 13.7. The first-order chi connectivity index (χ1) is 9.22. The Morgan fingerprint density at radius 2 is 1.90 bits per heavy atom. The smallest absolute Gasteiger partial charge is 0.243 e. The van der Waals surface area contributed by atoms with Crippen LogP contribution in [-0.4, -0.2) is 14.5 Å². The molecule has 0 fully saturated rings. The summed E-state index contributed by atoms with van der Waals surface area (Å²) in [5, 5.41) is -0.305. The summed E-state index contributed by atoms with van der Waals surface area (Å²) >= 11 is 5.63. The summed E-state index contributed by atoms with van der Waals surface area (Å²) in [5.41, 5.74) is 5.63. The minimum atomic E-state index is -3.99. The van der Waals surface area contributed by atoms with Gasteiger partial charge in [-0.15, -0.1) is 0 Å². The molecule has 1 unspecified atom stereocenters. The number of halogens is 2. The number of nitrogens with two attached hydrogens (primary N) is 1. The molecule has 1 aromatic carbocycles. The summed E-state index contributed by atoms with van der Waals surface area (Å²) in [6.45, 7) is 5.73. The Labute approximate surface area is 124 Å². The molecule has 0 aliphatic rings.